The second-order valence-corrected chi connectivity index (χ2v) is 7.38. The molecule has 1 aromatic rings. The molecule has 4 nitrogen and oxygen atoms in total. The summed E-state index contributed by atoms with van der Waals surface area (Å²) in [6.45, 7) is 9.17. The van der Waals surface area contributed by atoms with E-state index in [1.807, 2.05) is 26.0 Å². The van der Waals surface area contributed by atoms with Crippen molar-refractivity contribution in [1.82, 2.24) is 0 Å². The molecule has 0 fully saturated rings. The maximum Gasteiger partial charge on any atom is 0.421 e. The SMILES string of the molecule is CCC1(C)C(=O)N(C(=O)OC(C)(C)C)c2cc(Br)ccc21. The van der Waals surface area contributed by atoms with Gasteiger partial charge in [-0.05, 0) is 51.8 Å². The number of benzene rings is 1. The third kappa shape index (κ3) is 2.71. The van der Waals surface area contributed by atoms with Gasteiger partial charge in [-0.2, -0.15) is 0 Å². The predicted molar refractivity (Wildman–Crippen MR) is 85.5 cm³/mol. The van der Waals surface area contributed by atoms with Gasteiger partial charge in [-0.15, -0.1) is 0 Å². The number of hydrogen-bond acceptors (Lipinski definition) is 3. The van der Waals surface area contributed by atoms with Crippen LogP contribution in [0.5, 0.6) is 0 Å². The monoisotopic (exact) mass is 353 g/mol. The Kier molecular flexibility index (Phi) is 3.91. The molecule has 1 atom stereocenters. The van der Waals surface area contributed by atoms with Gasteiger partial charge in [0.1, 0.15) is 5.60 Å². The summed E-state index contributed by atoms with van der Waals surface area (Å²) in [6.07, 6.45) is 0.00349. The van der Waals surface area contributed by atoms with E-state index in [1.165, 1.54) is 0 Å². The molecule has 1 heterocycles. The first-order valence-electron chi connectivity index (χ1n) is 6.97. The number of imide groups is 1. The molecule has 1 unspecified atom stereocenters. The van der Waals surface area contributed by atoms with Crippen LogP contribution in [0.2, 0.25) is 0 Å². The molecular formula is C16H20BrNO3. The van der Waals surface area contributed by atoms with Gasteiger partial charge in [0.05, 0.1) is 11.1 Å². The van der Waals surface area contributed by atoms with Crippen LogP contribution < -0.4 is 4.90 Å². The number of carbonyl (C=O) groups excluding carboxylic acids is 2. The normalized spacial score (nSPS) is 21.4. The summed E-state index contributed by atoms with van der Waals surface area (Å²) in [4.78, 5) is 26.3. The molecule has 0 aliphatic carbocycles. The minimum Gasteiger partial charge on any atom is -0.443 e. The van der Waals surface area contributed by atoms with Gasteiger partial charge in [0.25, 0.3) is 0 Å². The van der Waals surface area contributed by atoms with Crippen molar-refractivity contribution in [2.75, 3.05) is 4.90 Å². The van der Waals surface area contributed by atoms with Crippen LogP contribution in [0.15, 0.2) is 22.7 Å². The number of halogens is 1. The highest BCUT2D eigenvalue weighted by Gasteiger charge is 2.49. The Morgan fingerprint density at radius 1 is 1.38 bits per heavy atom. The minimum absolute atomic E-state index is 0.229. The Morgan fingerprint density at radius 3 is 2.52 bits per heavy atom. The molecule has 0 saturated carbocycles. The molecule has 0 radical (unpaired) electrons. The fraction of sp³-hybridized carbons (Fsp3) is 0.500. The number of fused-ring (bicyclic) bond motifs is 1. The average molecular weight is 354 g/mol. The Labute approximate surface area is 133 Å². The zero-order valence-electron chi connectivity index (χ0n) is 13.0. The molecular weight excluding hydrogens is 334 g/mol. The smallest absolute Gasteiger partial charge is 0.421 e. The number of ether oxygens (including phenoxy) is 1. The van der Waals surface area contributed by atoms with Crippen LogP contribution in [0, 0.1) is 0 Å². The maximum atomic E-state index is 12.8. The first-order valence-corrected chi connectivity index (χ1v) is 7.77. The van der Waals surface area contributed by atoms with Crippen molar-refractivity contribution in [3.8, 4) is 0 Å². The lowest BCUT2D eigenvalue weighted by atomic mass is 9.81. The van der Waals surface area contributed by atoms with Crippen LogP contribution in [0.3, 0.4) is 0 Å². The Morgan fingerprint density at radius 2 is 2.00 bits per heavy atom. The molecule has 0 bridgehead atoms. The fourth-order valence-corrected chi connectivity index (χ4v) is 2.81. The van der Waals surface area contributed by atoms with E-state index in [2.05, 4.69) is 15.9 Å². The lowest BCUT2D eigenvalue weighted by Gasteiger charge is -2.25. The Hall–Kier alpha value is -1.36. The summed E-state index contributed by atoms with van der Waals surface area (Å²) in [7, 11) is 0. The van der Waals surface area contributed by atoms with Crippen molar-refractivity contribution >= 4 is 33.6 Å². The van der Waals surface area contributed by atoms with E-state index in [0.717, 1.165) is 14.9 Å². The lowest BCUT2D eigenvalue weighted by molar-refractivity contribution is -0.122. The molecule has 1 aliphatic rings. The summed E-state index contributed by atoms with van der Waals surface area (Å²) in [5, 5.41) is 0. The number of carbonyl (C=O) groups is 2. The van der Waals surface area contributed by atoms with Crippen molar-refractivity contribution in [1.29, 1.82) is 0 Å². The lowest BCUT2D eigenvalue weighted by Crippen LogP contribution is -2.43. The number of nitrogens with zero attached hydrogens (tertiary/aromatic N) is 1. The van der Waals surface area contributed by atoms with E-state index in [4.69, 9.17) is 4.74 Å². The summed E-state index contributed by atoms with van der Waals surface area (Å²) in [5.41, 5.74) is 0.138. The second kappa shape index (κ2) is 5.13. The van der Waals surface area contributed by atoms with E-state index in [-0.39, 0.29) is 5.91 Å². The van der Waals surface area contributed by atoms with Gasteiger partial charge >= 0.3 is 6.09 Å². The van der Waals surface area contributed by atoms with Crippen LogP contribution in [-0.2, 0) is 14.9 Å². The maximum absolute atomic E-state index is 12.8. The van der Waals surface area contributed by atoms with Gasteiger partial charge in [0, 0.05) is 4.47 Å². The predicted octanol–water partition coefficient (Wildman–Crippen LogP) is 4.40. The summed E-state index contributed by atoms with van der Waals surface area (Å²) < 4.78 is 6.20. The highest BCUT2D eigenvalue weighted by atomic mass is 79.9. The quantitative estimate of drug-likeness (QED) is 0.751. The minimum atomic E-state index is -0.688. The molecule has 5 heteroatoms. The van der Waals surface area contributed by atoms with Crippen molar-refractivity contribution in [2.45, 2.75) is 52.1 Å². The van der Waals surface area contributed by atoms with E-state index < -0.39 is 17.1 Å². The van der Waals surface area contributed by atoms with Crippen LogP contribution >= 0.6 is 15.9 Å². The van der Waals surface area contributed by atoms with E-state index in [0.29, 0.717) is 12.1 Å². The number of hydrogen-bond donors (Lipinski definition) is 0. The number of anilines is 1. The fourth-order valence-electron chi connectivity index (χ4n) is 2.46. The van der Waals surface area contributed by atoms with Crippen LogP contribution in [0.1, 0.15) is 46.6 Å². The van der Waals surface area contributed by atoms with Crippen molar-refractivity contribution in [2.24, 2.45) is 0 Å². The molecule has 2 rings (SSSR count). The standard InChI is InChI=1S/C16H20BrNO3/c1-6-16(5)11-8-7-10(17)9-12(11)18(13(16)19)14(20)21-15(2,3)4/h7-9H,6H2,1-5H3. The first kappa shape index (κ1) is 16.0. The molecule has 0 N–H and O–H groups in total. The Balaban J connectivity index is 2.52. The largest absolute Gasteiger partial charge is 0.443 e. The van der Waals surface area contributed by atoms with Crippen LogP contribution in [0.4, 0.5) is 10.5 Å². The van der Waals surface area contributed by atoms with Crippen molar-refractivity contribution < 1.29 is 14.3 Å². The summed E-state index contributed by atoms with van der Waals surface area (Å²) in [6, 6.07) is 5.57. The molecule has 21 heavy (non-hydrogen) atoms. The van der Waals surface area contributed by atoms with E-state index in [1.54, 1.807) is 26.8 Å². The van der Waals surface area contributed by atoms with E-state index >= 15 is 0 Å². The molecule has 0 spiro atoms. The first-order chi connectivity index (χ1) is 9.60. The van der Waals surface area contributed by atoms with Gasteiger partial charge in [-0.3, -0.25) is 4.79 Å². The van der Waals surface area contributed by atoms with Crippen LogP contribution in [-0.4, -0.2) is 17.6 Å². The molecule has 0 saturated heterocycles. The van der Waals surface area contributed by atoms with E-state index in [9.17, 15) is 9.59 Å². The second-order valence-electron chi connectivity index (χ2n) is 6.47. The molecule has 1 aromatic carbocycles. The van der Waals surface area contributed by atoms with Crippen molar-refractivity contribution in [3.63, 3.8) is 0 Å². The van der Waals surface area contributed by atoms with Gasteiger partial charge in [-0.1, -0.05) is 28.9 Å². The zero-order chi connectivity index (χ0) is 16.0. The zero-order valence-corrected chi connectivity index (χ0v) is 14.6. The molecule has 1 aliphatic heterocycles. The third-order valence-electron chi connectivity index (χ3n) is 3.75. The van der Waals surface area contributed by atoms with Gasteiger partial charge in [0.2, 0.25) is 5.91 Å². The summed E-state index contributed by atoms with van der Waals surface area (Å²) >= 11 is 3.39. The highest BCUT2D eigenvalue weighted by Crippen LogP contribution is 2.45. The number of rotatable bonds is 1. The summed E-state index contributed by atoms with van der Waals surface area (Å²) in [5.74, 6) is -0.229. The van der Waals surface area contributed by atoms with Gasteiger partial charge in [-0.25, -0.2) is 9.69 Å². The number of amides is 2. The Bertz CT molecular complexity index is 606. The van der Waals surface area contributed by atoms with Crippen molar-refractivity contribution in [3.05, 3.63) is 28.2 Å². The third-order valence-corrected chi connectivity index (χ3v) is 4.25. The van der Waals surface area contributed by atoms with Gasteiger partial charge < -0.3 is 4.74 Å². The highest BCUT2D eigenvalue weighted by molar-refractivity contribution is 9.10. The molecule has 0 aromatic heterocycles. The van der Waals surface area contributed by atoms with Gasteiger partial charge in [0.15, 0.2) is 0 Å². The molecule has 114 valence electrons. The topological polar surface area (TPSA) is 46.6 Å². The average Bonchev–Trinajstić information content (AvgIpc) is 2.56. The van der Waals surface area contributed by atoms with Crippen LogP contribution in [0.25, 0.3) is 0 Å². The molecule has 2 amide bonds.